The molecule has 27 heavy (non-hydrogen) atoms. The summed E-state index contributed by atoms with van der Waals surface area (Å²) in [6.45, 7) is 0. The van der Waals surface area contributed by atoms with E-state index in [4.69, 9.17) is 11.6 Å². The Bertz CT molecular complexity index is 1060. The number of hydrogen-bond acceptors (Lipinski definition) is 3. The number of nitrogens with one attached hydrogen (secondary N) is 1. The molecule has 0 aliphatic carbocycles. The van der Waals surface area contributed by atoms with Crippen molar-refractivity contribution in [1.82, 2.24) is 0 Å². The monoisotopic (exact) mass is 400 g/mol. The van der Waals surface area contributed by atoms with Crippen molar-refractivity contribution < 1.29 is 13.2 Å². The van der Waals surface area contributed by atoms with Gasteiger partial charge in [-0.05, 0) is 42.5 Å². The maximum absolute atomic E-state index is 12.7. The summed E-state index contributed by atoms with van der Waals surface area (Å²) in [6.07, 6.45) is 0. The maximum atomic E-state index is 12.7. The zero-order valence-electron chi connectivity index (χ0n) is 14.5. The number of amides is 1. The molecule has 0 saturated carbocycles. The van der Waals surface area contributed by atoms with Crippen molar-refractivity contribution in [1.29, 1.82) is 0 Å². The second-order valence-corrected chi connectivity index (χ2v) is 7.90. The average molecular weight is 401 g/mol. The summed E-state index contributed by atoms with van der Waals surface area (Å²) in [7, 11) is -2.07. The Balaban J connectivity index is 1.83. The Morgan fingerprint density at radius 3 is 2.11 bits per heavy atom. The largest absolute Gasteiger partial charge is 0.311 e. The third-order valence-electron chi connectivity index (χ3n) is 3.95. The van der Waals surface area contributed by atoms with Crippen molar-refractivity contribution in [2.45, 2.75) is 4.90 Å². The molecule has 0 radical (unpaired) electrons. The van der Waals surface area contributed by atoms with Crippen molar-refractivity contribution in [3.63, 3.8) is 0 Å². The molecule has 5 nitrogen and oxygen atoms in total. The normalized spacial score (nSPS) is 11.0. The zero-order valence-corrected chi connectivity index (χ0v) is 16.0. The lowest BCUT2D eigenvalue weighted by Gasteiger charge is -2.18. The van der Waals surface area contributed by atoms with Crippen LogP contribution in [0.15, 0.2) is 83.8 Å². The maximum Gasteiger partial charge on any atom is 0.261 e. The first-order valence-electron chi connectivity index (χ1n) is 8.09. The fourth-order valence-electron chi connectivity index (χ4n) is 2.52. The Labute approximate surface area is 163 Å². The van der Waals surface area contributed by atoms with Crippen molar-refractivity contribution >= 4 is 38.9 Å². The Hall–Kier alpha value is -2.83. The number of para-hydroxylation sites is 1. The van der Waals surface area contributed by atoms with Crippen molar-refractivity contribution in [2.75, 3.05) is 16.7 Å². The van der Waals surface area contributed by atoms with Gasteiger partial charge in [-0.25, -0.2) is 8.42 Å². The molecule has 0 aliphatic rings. The molecule has 0 atom stereocenters. The molecule has 0 spiro atoms. The second-order valence-electron chi connectivity index (χ2n) is 5.81. The number of nitrogens with zero attached hydrogens (tertiary/aromatic N) is 1. The standard InChI is InChI=1S/C20H17ClN2O3S/c1-23(16-8-4-2-5-9-16)20(24)18-13-12-15(14-19(18)21)22-27(25,26)17-10-6-3-7-11-17/h2-14,22H,1H3. The van der Waals surface area contributed by atoms with E-state index in [-0.39, 0.29) is 27.1 Å². The van der Waals surface area contributed by atoms with Gasteiger partial charge in [-0.1, -0.05) is 48.0 Å². The summed E-state index contributed by atoms with van der Waals surface area (Å²) in [5.41, 5.74) is 1.29. The number of sulfonamides is 1. The van der Waals surface area contributed by atoms with Crippen LogP contribution < -0.4 is 9.62 Å². The van der Waals surface area contributed by atoms with E-state index >= 15 is 0 Å². The Kier molecular flexibility index (Phi) is 5.48. The van der Waals surface area contributed by atoms with Gasteiger partial charge in [-0.2, -0.15) is 0 Å². The number of rotatable bonds is 5. The first-order valence-corrected chi connectivity index (χ1v) is 9.95. The molecule has 0 aliphatic heterocycles. The van der Waals surface area contributed by atoms with E-state index in [2.05, 4.69) is 4.72 Å². The summed E-state index contributed by atoms with van der Waals surface area (Å²) < 4.78 is 27.3. The quantitative estimate of drug-likeness (QED) is 0.689. The highest BCUT2D eigenvalue weighted by molar-refractivity contribution is 7.92. The first-order chi connectivity index (χ1) is 12.9. The van der Waals surface area contributed by atoms with Gasteiger partial charge in [0.2, 0.25) is 0 Å². The molecule has 0 aromatic heterocycles. The molecule has 138 valence electrons. The molecule has 3 aromatic carbocycles. The number of carbonyl (C=O) groups is 1. The van der Waals surface area contributed by atoms with Crippen LogP contribution in [0.5, 0.6) is 0 Å². The Morgan fingerprint density at radius 2 is 1.52 bits per heavy atom. The number of halogens is 1. The van der Waals surface area contributed by atoms with E-state index in [1.165, 1.54) is 35.2 Å². The molecular formula is C20H17ClN2O3S. The van der Waals surface area contributed by atoms with Crippen LogP contribution in [-0.2, 0) is 10.0 Å². The minimum Gasteiger partial charge on any atom is -0.311 e. The molecule has 3 aromatic rings. The number of carbonyl (C=O) groups excluding carboxylic acids is 1. The minimum atomic E-state index is -3.73. The second kappa shape index (κ2) is 7.82. The molecule has 7 heteroatoms. The molecule has 1 N–H and O–H groups in total. The third-order valence-corrected chi connectivity index (χ3v) is 5.66. The molecule has 1 amide bonds. The fraction of sp³-hybridized carbons (Fsp3) is 0.0500. The summed E-state index contributed by atoms with van der Waals surface area (Å²) in [4.78, 5) is 14.3. The van der Waals surface area contributed by atoms with E-state index in [0.29, 0.717) is 0 Å². The number of benzene rings is 3. The van der Waals surface area contributed by atoms with E-state index in [9.17, 15) is 13.2 Å². The first kappa shape index (κ1) is 18.9. The SMILES string of the molecule is CN(C(=O)c1ccc(NS(=O)(=O)c2ccccc2)cc1Cl)c1ccccc1. The van der Waals surface area contributed by atoms with E-state index in [1.54, 1.807) is 25.2 Å². The van der Waals surface area contributed by atoms with Gasteiger partial charge in [0.15, 0.2) is 0 Å². The zero-order chi connectivity index (χ0) is 19.4. The van der Waals surface area contributed by atoms with E-state index < -0.39 is 10.0 Å². The van der Waals surface area contributed by atoms with Crippen LogP contribution in [0.4, 0.5) is 11.4 Å². The van der Waals surface area contributed by atoms with E-state index in [1.807, 2.05) is 30.3 Å². The van der Waals surface area contributed by atoms with Crippen molar-refractivity contribution in [3.8, 4) is 0 Å². The van der Waals surface area contributed by atoms with Crippen LogP contribution in [0.3, 0.4) is 0 Å². The lowest BCUT2D eigenvalue weighted by Crippen LogP contribution is -2.26. The smallest absolute Gasteiger partial charge is 0.261 e. The molecule has 0 unspecified atom stereocenters. The van der Waals surface area contributed by atoms with Gasteiger partial charge in [0.25, 0.3) is 15.9 Å². The molecule has 0 bridgehead atoms. The predicted octanol–water partition coefficient (Wildman–Crippen LogP) is 4.42. The van der Waals surface area contributed by atoms with Crippen molar-refractivity contribution in [2.24, 2.45) is 0 Å². The van der Waals surface area contributed by atoms with Gasteiger partial charge >= 0.3 is 0 Å². The van der Waals surface area contributed by atoms with Crippen LogP contribution in [0.25, 0.3) is 0 Å². The van der Waals surface area contributed by atoms with Gasteiger partial charge in [-0.15, -0.1) is 0 Å². The lowest BCUT2D eigenvalue weighted by atomic mass is 10.1. The molecule has 0 fully saturated rings. The van der Waals surface area contributed by atoms with Crippen LogP contribution in [0.1, 0.15) is 10.4 Å². The fourth-order valence-corrected chi connectivity index (χ4v) is 3.85. The summed E-state index contributed by atoms with van der Waals surface area (Å²) in [5, 5.41) is 0.163. The molecule has 3 rings (SSSR count). The average Bonchev–Trinajstić information content (AvgIpc) is 2.68. The summed E-state index contributed by atoms with van der Waals surface area (Å²) in [5.74, 6) is -0.288. The van der Waals surface area contributed by atoms with Crippen LogP contribution in [0, 0.1) is 0 Å². The number of anilines is 2. The third kappa shape index (κ3) is 4.30. The highest BCUT2D eigenvalue weighted by atomic mass is 35.5. The molecular weight excluding hydrogens is 384 g/mol. The molecule has 0 saturated heterocycles. The lowest BCUT2D eigenvalue weighted by molar-refractivity contribution is 0.0993. The highest BCUT2D eigenvalue weighted by Crippen LogP contribution is 2.25. The topological polar surface area (TPSA) is 66.5 Å². The molecule has 0 heterocycles. The minimum absolute atomic E-state index is 0.144. The number of hydrogen-bond donors (Lipinski definition) is 1. The summed E-state index contributed by atoms with van der Waals surface area (Å²) >= 11 is 6.25. The Morgan fingerprint density at radius 1 is 0.926 bits per heavy atom. The van der Waals surface area contributed by atoms with Gasteiger partial charge in [0, 0.05) is 12.7 Å². The van der Waals surface area contributed by atoms with Gasteiger partial charge in [0.05, 0.1) is 21.2 Å². The predicted molar refractivity (Wildman–Crippen MR) is 108 cm³/mol. The highest BCUT2D eigenvalue weighted by Gasteiger charge is 2.19. The summed E-state index contributed by atoms with van der Waals surface area (Å²) in [6, 6.07) is 21.6. The van der Waals surface area contributed by atoms with Gasteiger partial charge in [-0.3, -0.25) is 9.52 Å². The van der Waals surface area contributed by atoms with Crippen LogP contribution in [-0.4, -0.2) is 21.4 Å². The van der Waals surface area contributed by atoms with Crippen molar-refractivity contribution in [3.05, 3.63) is 89.4 Å². The van der Waals surface area contributed by atoms with Gasteiger partial charge in [0.1, 0.15) is 0 Å². The van der Waals surface area contributed by atoms with Crippen LogP contribution in [0.2, 0.25) is 5.02 Å². The van der Waals surface area contributed by atoms with Gasteiger partial charge < -0.3 is 4.90 Å². The van der Waals surface area contributed by atoms with Crippen LogP contribution >= 0.6 is 11.6 Å². The van der Waals surface area contributed by atoms with E-state index in [0.717, 1.165) is 5.69 Å².